The van der Waals surface area contributed by atoms with Crippen LogP contribution in [-0.4, -0.2) is 34.2 Å². The Labute approximate surface area is 124 Å². The summed E-state index contributed by atoms with van der Waals surface area (Å²) < 4.78 is 32.7. The summed E-state index contributed by atoms with van der Waals surface area (Å²) in [7, 11) is -1.78. The lowest BCUT2D eigenvalue weighted by atomic mass is 10.0. The number of halogens is 1. The molecule has 0 aliphatic carbocycles. The van der Waals surface area contributed by atoms with Gasteiger partial charge in [-0.05, 0) is 38.1 Å². The molecule has 1 atom stereocenters. The molecular weight excluding hydrogens is 300 g/mol. The number of benzene rings is 1. The Morgan fingerprint density at radius 1 is 1.45 bits per heavy atom. The van der Waals surface area contributed by atoms with Crippen molar-refractivity contribution in [3.63, 3.8) is 0 Å². The number of sulfonamides is 1. The van der Waals surface area contributed by atoms with Crippen LogP contribution in [0.15, 0.2) is 23.1 Å². The zero-order valence-corrected chi connectivity index (χ0v) is 13.1. The molecule has 112 valence electrons. The van der Waals surface area contributed by atoms with Crippen molar-refractivity contribution in [2.45, 2.75) is 30.3 Å². The van der Waals surface area contributed by atoms with Crippen LogP contribution in [0.4, 0.5) is 0 Å². The summed E-state index contributed by atoms with van der Waals surface area (Å²) in [4.78, 5) is 0.176. The molecule has 2 rings (SSSR count). The van der Waals surface area contributed by atoms with Gasteiger partial charge in [0.15, 0.2) is 0 Å². The highest BCUT2D eigenvalue weighted by molar-refractivity contribution is 7.89. The van der Waals surface area contributed by atoms with Crippen molar-refractivity contribution in [2.24, 2.45) is 0 Å². The predicted molar refractivity (Wildman–Crippen MR) is 78.4 cm³/mol. The summed E-state index contributed by atoms with van der Waals surface area (Å²) in [5.74, 6) is 0. The van der Waals surface area contributed by atoms with Gasteiger partial charge in [-0.2, -0.15) is 0 Å². The third kappa shape index (κ3) is 3.51. The number of rotatable bonds is 5. The third-order valence-electron chi connectivity index (χ3n) is 3.30. The van der Waals surface area contributed by atoms with Crippen LogP contribution in [0.3, 0.4) is 0 Å². The van der Waals surface area contributed by atoms with E-state index < -0.39 is 15.6 Å². The van der Waals surface area contributed by atoms with Gasteiger partial charge in [-0.25, -0.2) is 13.1 Å². The number of hydrogen-bond donors (Lipinski definition) is 2. The normalized spacial score (nSPS) is 23.1. The molecule has 0 radical (unpaired) electrons. The smallest absolute Gasteiger partial charge is 0.241 e. The van der Waals surface area contributed by atoms with E-state index in [2.05, 4.69) is 10.0 Å². The van der Waals surface area contributed by atoms with Gasteiger partial charge in [0.25, 0.3) is 0 Å². The molecular formula is C13H19ClN2O3S. The van der Waals surface area contributed by atoms with E-state index >= 15 is 0 Å². The molecule has 5 nitrogen and oxygen atoms in total. The van der Waals surface area contributed by atoms with E-state index in [1.807, 2.05) is 14.0 Å². The van der Waals surface area contributed by atoms with E-state index in [0.29, 0.717) is 31.2 Å². The van der Waals surface area contributed by atoms with E-state index in [-0.39, 0.29) is 4.90 Å². The van der Waals surface area contributed by atoms with E-state index in [1.165, 1.54) is 6.07 Å². The zero-order chi connectivity index (χ0) is 14.8. The molecule has 0 spiro atoms. The van der Waals surface area contributed by atoms with Gasteiger partial charge >= 0.3 is 0 Å². The fourth-order valence-electron chi connectivity index (χ4n) is 2.16. The van der Waals surface area contributed by atoms with Gasteiger partial charge in [-0.15, -0.1) is 0 Å². The molecule has 2 N–H and O–H groups in total. The van der Waals surface area contributed by atoms with Crippen molar-refractivity contribution in [1.82, 2.24) is 10.0 Å². The van der Waals surface area contributed by atoms with E-state index in [0.717, 1.165) is 5.56 Å². The Balaban J connectivity index is 2.23. The molecule has 1 aliphatic rings. The van der Waals surface area contributed by atoms with Gasteiger partial charge in [0.05, 0.1) is 17.0 Å². The Bertz CT molecular complexity index is 583. The maximum absolute atomic E-state index is 12.4. The van der Waals surface area contributed by atoms with E-state index in [9.17, 15) is 8.42 Å². The minimum absolute atomic E-state index is 0.176. The molecule has 1 aromatic rings. The van der Waals surface area contributed by atoms with Gasteiger partial charge < -0.3 is 10.1 Å². The van der Waals surface area contributed by atoms with Crippen molar-refractivity contribution in [1.29, 1.82) is 0 Å². The lowest BCUT2D eigenvalue weighted by Crippen LogP contribution is -2.46. The van der Waals surface area contributed by atoms with Crippen molar-refractivity contribution in [3.8, 4) is 0 Å². The van der Waals surface area contributed by atoms with E-state index in [1.54, 1.807) is 12.1 Å². The Hall–Kier alpha value is -0.660. The summed E-state index contributed by atoms with van der Waals surface area (Å²) in [6.07, 6.45) is 0.664. The number of ether oxygens (including phenoxy) is 1. The van der Waals surface area contributed by atoms with Crippen LogP contribution >= 0.6 is 11.6 Å². The maximum Gasteiger partial charge on any atom is 0.241 e. The maximum atomic E-state index is 12.4. The first-order valence-electron chi connectivity index (χ1n) is 6.41. The molecule has 7 heteroatoms. The monoisotopic (exact) mass is 318 g/mol. The Morgan fingerprint density at radius 2 is 2.20 bits per heavy atom. The molecule has 1 aromatic carbocycles. The van der Waals surface area contributed by atoms with Gasteiger partial charge in [-0.3, -0.25) is 0 Å². The van der Waals surface area contributed by atoms with E-state index in [4.69, 9.17) is 16.3 Å². The quantitative estimate of drug-likeness (QED) is 0.863. The highest BCUT2D eigenvalue weighted by Crippen LogP contribution is 2.24. The summed E-state index contributed by atoms with van der Waals surface area (Å²) in [6.45, 7) is 3.39. The van der Waals surface area contributed by atoms with Crippen molar-refractivity contribution >= 4 is 21.6 Å². The fraction of sp³-hybridized carbons (Fsp3) is 0.538. The molecule has 1 heterocycles. The summed E-state index contributed by atoms with van der Waals surface area (Å²) in [5, 5.41) is 3.42. The summed E-state index contributed by atoms with van der Waals surface area (Å²) in [5.41, 5.74) is 0.318. The van der Waals surface area contributed by atoms with Gasteiger partial charge in [0, 0.05) is 18.2 Å². The topological polar surface area (TPSA) is 67.4 Å². The van der Waals surface area contributed by atoms with Crippen LogP contribution in [0, 0.1) is 0 Å². The first-order valence-corrected chi connectivity index (χ1v) is 8.27. The molecule has 0 saturated carbocycles. The van der Waals surface area contributed by atoms with Gasteiger partial charge in [0.1, 0.15) is 0 Å². The van der Waals surface area contributed by atoms with Crippen LogP contribution in [-0.2, 0) is 21.3 Å². The molecule has 1 aliphatic heterocycles. The lowest BCUT2D eigenvalue weighted by molar-refractivity contribution is 0.178. The SMILES string of the molecule is CNCc1ccc(S(=O)(=O)NC2(C)CCOC2)cc1Cl. The largest absolute Gasteiger partial charge is 0.379 e. The van der Waals surface area contributed by atoms with Crippen LogP contribution in [0.1, 0.15) is 18.9 Å². The summed E-state index contributed by atoms with van der Waals surface area (Å²) in [6, 6.07) is 4.77. The molecule has 1 unspecified atom stereocenters. The molecule has 1 saturated heterocycles. The Morgan fingerprint density at radius 3 is 2.75 bits per heavy atom. The number of nitrogens with one attached hydrogen (secondary N) is 2. The highest BCUT2D eigenvalue weighted by atomic mass is 35.5. The average Bonchev–Trinajstić information content (AvgIpc) is 2.77. The fourth-order valence-corrected chi connectivity index (χ4v) is 3.92. The van der Waals surface area contributed by atoms with Crippen molar-refractivity contribution < 1.29 is 13.2 Å². The standard InChI is InChI=1S/C13H19ClN2O3S/c1-13(5-6-19-9-13)16-20(17,18)11-4-3-10(8-15-2)12(14)7-11/h3-4,7,15-16H,5-6,8-9H2,1-2H3. The molecule has 0 aromatic heterocycles. The third-order valence-corrected chi connectivity index (χ3v) is 5.29. The predicted octanol–water partition coefficient (Wildman–Crippen LogP) is 1.52. The molecule has 0 bridgehead atoms. The first kappa shape index (κ1) is 15.7. The van der Waals surface area contributed by atoms with Crippen LogP contribution in [0.25, 0.3) is 0 Å². The first-order chi connectivity index (χ1) is 9.36. The lowest BCUT2D eigenvalue weighted by Gasteiger charge is -2.23. The van der Waals surface area contributed by atoms with Crippen LogP contribution < -0.4 is 10.0 Å². The summed E-state index contributed by atoms with van der Waals surface area (Å²) >= 11 is 6.11. The molecule has 1 fully saturated rings. The van der Waals surface area contributed by atoms with Crippen LogP contribution in [0.5, 0.6) is 0 Å². The molecule has 0 amide bonds. The van der Waals surface area contributed by atoms with Crippen LogP contribution in [0.2, 0.25) is 5.02 Å². The minimum atomic E-state index is -3.59. The van der Waals surface area contributed by atoms with Gasteiger partial charge in [0.2, 0.25) is 10.0 Å². The average molecular weight is 319 g/mol. The van der Waals surface area contributed by atoms with Crippen molar-refractivity contribution in [2.75, 3.05) is 20.3 Å². The second kappa shape index (κ2) is 5.99. The number of hydrogen-bond acceptors (Lipinski definition) is 4. The molecule has 20 heavy (non-hydrogen) atoms. The highest BCUT2D eigenvalue weighted by Gasteiger charge is 2.34. The second-order valence-electron chi connectivity index (χ2n) is 5.25. The van der Waals surface area contributed by atoms with Gasteiger partial charge in [-0.1, -0.05) is 17.7 Å². The minimum Gasteiger partial charge on any atom is -0.379 e. The zero-order valence-electron chi connectivity index (χ0n) is 11.6. The van der Waals surface area contributed by atoms with Crippen molar-refractivity contribution in [3.05, 3.63) is 28.8 Å². The Kier molecular flexibility index (Phi) is 4.71. The second-order valence-corrected chi connectivity index (χ2v) is 7.34.